The molecule has 0 unspecified atom stereocenters. The Hall–Kier alpha value is -4.14. The van der Waals surface area contributed by atoms with Crippen molar-refractivity contribution in [3.05, 3.63) is 86.3 Å². The molecule has 0 aliphatic heterocycles. The van der Waals surface area contributed by atoms with Crippen molar-refractivity contribution in [3.63, 3.8) is 0 Å². The molecular weight excluding hydrogens is 432 g/mol. The number of aromatic amines is 2. The first-order valence-electron chi connectivity index (χ1n) is 11.3. The van der Waals surface area contributed by atoms with Crippen LogP contribution >= 0.6 is 0 Å². The summed E-state index contributed by atoms with van der Waals surface area (Å²) in [6, 6.07) is 14.9. The largest absolute Gasteiger partial charge is 0.349 e. The number of hydrogen-bond acceptors (Lipinski definition) is 5. The Morgan fingerprint density at radius 3 is 2.68 bits per heavy atom. The van der Waals surface area contributed by atoms with E-state index in [1.807, 2.05) is 49.4 Å². The molecule has 9 nitrogen and oxygen atoms in total. The van der Waals surface area contributed by atoms with Crippen LogP contribution in [0.25, 0.3) is 11.0 Å². The van der Waals surface area contributed by atoms with Crippen LogP contribution in [0.4, 0.5) is 11.5 Å². The Morgan fingerprint density at radius 1 is 1.09 bits per heavy atom. The number of amides is 1. The number of nitrogens with one attached hydrogen (secondary N) is 4. The van der Waals surface area contributed by atoms with Gasteiger partial charge in [0.15, 0.2) is 0 Å². The number of H-pyrrole nitrogens is 2. The summed E-state index contributed by atoms with van der Waals surface area (Å²) < 4.78 is 1.10. The van der Waals surface area contributed by atoms with E-state index in [0.717, 1.165) is 27.7 Å². The molecule has 9 heteroatoms. The number of fused-ring (bicyclic) bond motifs is 1. The number of rotatable bonds is 9. The molecule has 2 aromatic carbocycles. The lowest BCUT2D eigenvalue weighted by atomic mass is 10.1. The first-order valence-corrected chi connectivity index (χ1v) is 11.3. The minimum Gasteiger partial charge on any atom is -0.349 e. The molecule has 0 bridgehead atoms. The fourth-order valence-electron chi connectivity index (χ4n) is 3.84. The summed E-state index contributed by atoms with van der Waals surface area (Å²) in [5.41, 5.74) is 4.01. The van der Waals surface area contributed by atoms with Crippen LogP contribution in [-0.4, -0.2) is 25.4 Å². The van der Waals surface area contributed by atoms with Crippen LogP contribution in [0.5, 0.6) is 0 Å². The number of anilines is 2. The van der Waals surface area contributed by atoms with Crippen molar-refractivity contribution in [2.75, 3.05) is 5.32 Å². The maximum Gasteiger partial charge on any atom is 0.329 e. The summed E-state index contributed by atoms with van der Waals surface area (Å²) >= 11 is 0. The van der Waals surface area contributed by atoms with Gasteiger partial charge in [-0.25, -0.2) is 9.78 Å². The Labute approximate surface area is 196 Å². The minimum atomic E-state index is -0.513. The van der Waals surface area contributed by atoms with Gasteiger partial charge in [0.2, 0.25) is 5.91 Å². The summed E-state index contributed by atoms with van der Waals surface area (Å²) in [7, 11) is 0. The number of aromatic nitrogens is 4. The molecule has 0 aliphatic rings. The van der Waals surface area contributed by atoms with Crippen molar-refractivity contribution >= 4 is 28.4 Å². The lowest BCUT2D eigenvalue weighted by Gasteiger charge is -2.11. The SMILES string of the molecule is CCc1cc(Nc2cc(=O)n(CCCC(=O)NCc3nc4ccccc4[nH]3)c(=O)[nH]2)ccc1C. The Balaban J connectivity index is 1.31. The monoisotopic (exact) mass is 460 g/mol. The molecule has 176 valence electrons. The molecule has 0 aliphatic carbocycles. The fourth-order valence-corrected chi connectivity index (χ4v) is 3.84. The fraction of sp³-hybridized carbons (Fsp3) is 0.280. The molecule has 0 saturated carbocycles. The van der Waals surface area contributed by atoms with Gasteiger partial charge in [0, 0.05) is 24.7 Å². The van der Waals surface area contributed by atoms with Gasteiger partial charge in [-0.1, -0.05) is 25.1 Å². The van der Waals surface area contributed by atoms with Crippen LogP contribution < -0.4 is 21.9 Å². The third-order valence-corrected chi connectivity index (χ3v) is 5.71. The highest BCUT2D eigenvalue weighted by atomic mass is 16.2. The number of nitrogens with zero attached hydrogens (tertiary/aromatic N) is 2. The molecular formula is C25H28N6O3. The molecule has 0 spiro atoms. The van der Waals surface area contributed by atoms with Gasteiger partial charge >= 0.3 is 5.69 Å². The van der Waals surface area contributed by atoms with Gasteiger partial charge in [0.1, 0.15) is 11.6 Å². The van der Waals surface area contributed by atoms with E-state index >= 15 is 0 Å². The van der Waals surface area contributed by atoms with Crippen LogP contribution in [0, 0.1) is 6.92 Å². The van der Waals surface area contributed by atoms with E-state index in [9.17, 15) is 14.4 Å². The molecule has 2 heterocycles. The number of benzene rings is 2. The minimum absolute atomic E-state index is 0.150. The van der Waals surface area contributed by atoms with Crippen molar-refractivity contribution in [1.29, 1.82) is 0 Å². The zero-order valence-corrected chi connectivity index (χ0v) is 19.3. The van der Waals surface area contributed by atoms with E-state index in [4.69, 9.17) is 0 Å². The molecule has 0 radical (unpaired) electrons. The summed E-state index contributed by atoms with van der Waals surface area (Å²) in [4.78, 5) is 47.4. The van der Waals surface area contributed by atoms with E-state index in [1.54, 1.807) is 0 Å². The maximum atomic E-state index is 12.5. The second-order valence-electron chi connectivity index (χ2n) is 8.18. The van der Waals surface area contributed by atoms with Gasteiger partial charge in [-0.2, -0.15) is 0 Å². The quantitative estimate of drug-likeness (QED) is 0.305. The van der Waals surface area contributed by atoms with Gasteiger partial charge in [-0.15, -0.1) is 0 Å². The molecule has 1 amide bonds. The average Bonchev–Trinajstić information content (AvgIpc) is 3.24. The molecule has 4 N–H and O–H groups in total. The normalized spacial score (nSPS) is 11.0. The molecule has 0 saturated heterocycles. The highest BCUT2D eigenvalue weighted by Crippen LogP contribution is 2.18. The van der Waals surface area contributed by atoms with E-state index in [1.165, 1.54) is 17.2 Å². The zero-order chi connectivity index (χ0) is 24.1. The van der Waals surface area contributed by atoms with Crippen molar-refractivity contribution in [2.24, 2.45) is 0 Å². The van der Waals surface area contributed by atoms with E-state index in [-0.39, 0.29) is 25.4 Å². The predicted molar refractivity (Wildman–Crippen MR) is 132 cm³/mol. The van der Waals surface area contributed by atoms with Crippen LogP contribution in [-0.2, 0) is 24.3 Å². The average molecular weight is 461 g/mol. The third-order valence-electron chi connectivity index (χ3n) is 5.71. The summed E-state index contributed by atoms with van der Waals surface area (Å²) in [5, 5.41) is 5.90. The highest BCUT2D eigenvalue weighted by molar-refractivity contribution is 5.76. The van der Waals surface area contributed by atoms with E-state index < -0.39 is 11.2 Å². The molecule has 2 aromatic heterocycles. The van der Waals surface area contributed by atoms with Crippen molar-refractivity contribution in [2.45, 2.75) is 46.2 Å². The van der Waals surface area contributed by atoms with Crippen molar-refractivity contribution in [1.82, 2.24) is 24.8 Å². The van der Waals surface area contributed by atoms with E-state index in [0.29, 0.717) is 18.1 Å². The van der Waals surface area contributed by atoms with Gasteiger partial charge in [0.05, 0.1) is 17.6 Å². The predicted octanol–water partition coefficient (Wildman–Crippen LogP) is 3.12. The maximum absolute atomic E-state index is 12.5. The standard InChI is InChI=1S/C25H28N6O3/c1-3-17-13-18(11-10-16(17)2)27-21-14-24(33)31(25(34)30-21)12-6-9-23(32)26-15-22-28-19-7-4-5-8-20(19)29-22/h4-5,7-8,10-11,13-14,27H,3,6,9,12,15H2,1-2H3,(H,26,32)(H,28,29)(H,30,34). The Morgan fingerprint density at radius 2 is 1.91 bits per heavy atom. The van der Waals surface area contributed by atoms with Crippen LogP contribution in [0.3, 0.4) is 0 Å². The molecule has 0 fully saturated rings. The number of carbonyl (C=O) groups is 1. The van der Waals surface area contributed by atoms with Gasteiger partial charge in [0.25, 0.3) is 5.56 Å². The number of para-hydroxylation sites is 2. The molecule has 4 rings (SSSR count). The topological polar surface area (TPSA) is 125 Å². The van der Waals surface area contributed by atoms with E-state index in [2.05, 4.69) is 32.5 Å². The smallest absolute Gasteiger partial charge is 0.329 e. The second-order valence-corrected chi connectivity index (χ2v) is 8.18. The first-order chi connectivity index (χ1) is 16.4. The zero-order valence-electron chi connectivity index (χ0n) is 19.3. The molecule has 4 aromatic rings. The Kier molecular flexibility index (Phi) is 6.91. The highest BCUT2D eigenvalue weighted by Gasteiger charge is 2.09. The lowest BCUT2D eigenvalue weighted by molar-refractivity contribution is -0.121. The van der Waals surface area contributed by atoms with Crippen LogP contribution in [0.2, 0.25) is 0 Å². The number of carbonyl (C=O) groups excluding carboxylic acids is 1. The molecule has 34 heavy (non-hydrogen) atoms. The lowest BCUT2D eigenvalue weighted by Crippen LogP contribution is -2.35. The van der Waals surface area contributed by atoms with Crippen molar-refractivity contribution in [3.8, 4) is 0 Å². The van der Waals surface area contributed by atoms with Gasteiger partial charge in [-0.05, 0) is 55.2 Å². The summed E-state index contributed by atoms with van der Waals surface area (Å²) in [6.45, 7) is 4.56. The number of aryl methyl sites for hydroxylation is 2. The van der Waals surface area contributed by atoms with Crippen LogP contribution in [0.1, 0.15) is 36.7 Å². The van der Waals surface area contributed by atoms with Gasteiger partial charge in [-0.3, -0.25) is 19.1 Å². The number of imidazole rings is 1. The van der Waals surface area contributed by atoms with Gasteiger partial charge < -0.3 is 15.6 Å². The Bertz CT molecular complexity index is 1370. The van der Waals surface area contributed by atoms with Crippen molar-refractivity contribution < 1.29 is 4.79 Å². The summed E-state index contributed by atoms with van der Waals surface area (Å²) in [5.74, 6) is 0.833. The third kappa shape index (κ3) is 5.43. The summed E-state index contributed by atoms with van der Waals surface area (Å²) in [6.07, 6.45) is 1.44. The molecule has 0 atom stereocenters. The van der Waals surface area contributed by atoms with Crippen LogP contribution in [0.15, 0.2) is 58.1 Å². The second kappa shape index (κ2) is 10.2. The first kappa shape index (κ1) is 23.0. The number of hydrogen-bond donors (Lipinski definition) is 4.